The van der Waals surface area contributed by atoms with Crippen molar-refractivity contribution in [1.29, 1.82) is 0 Å². The third kappa shape index (κ3) is 4.90. The molecule has 0 fully saturated rings. The first kappa shape index (κ1) is 15.5. The molecule has 1 aromatic carbocycles. The number of hydrogen-bond donors (Lipinski definition) is 0. The Hall–Kier alpha value is -1.56. The van der Waals surface area contributed by atoms with Gasteiger partial charge in [0.25, 0.3) is 0 Å². The van der Waals surface area contributed by atoms with E-state index in [1.165, 1.54) is 32.1 Å². The molecular formula is C13H11F3O2S. The van der Waals surface area contributed by atoms with Gasteiger partial charge in [0.05, 0.1) is 10.5 Å². The fourth-order valence-electron chi connectivity index (χ4n) is 1.31. The fourth-order valence-corrected chi connectivity index (χ4v) is 1.96. The van der Waals surface area contributed by atoms with Gasteiger partial charge in [-0.3, -0.25) is 9.59 Å². The van der Waals surface area contributed by atoms with E-state index in [0.29, 0.717) is 11.8 Å². The van der Waals surface area contributed by atoms with Crippen LogP contribution in [-0.2, 0) is 15.8 Å². The molecule has 0 atom stereocenters. The lowest BCUT2D eigenvalue weighted by molar-refractivity contribution is -0.137. The van der Waals surface area contributed by atoms with Crippen LogP contribution in [0.4, 0.5) is 13.2 Å². The minimum Gasteiger partial charge on any atom is -0.294 e. The summed E-state index contributed by atoms with van der Waals surface area (Å²) in [6, 6.07) is 4.58. The Kier molecular flexibility index (Phi) is 4.94. The van der Waals surface area contributed by atoms with Crippen LogP contribution in [-0.4, -0.2) is 10.9 Å². The van der Waals surface area contributed by atoms with Gasteiger partial charge in [-0.25, -0.2) is 0 Å². The van der Waals surface area contributed by atoms with Crippen molar-refractivity contribution in [3.05, 3.63) is 40.3 Å². The lowest BCUT2D eigenvalue weighted by Gasteiger charge is -2.07. The summed E-state index contributed by atoms with van der Waals surface area (Å²) in [7, 11) is 0. The maximum atomic E-state index is 12.5. The molecular weight excluding hydrogens is 277 g/mol. The highest BCUT2D eigenvalue weighted by molar-refractivity contribution is 8.17. The molecule has 0 aromatic heterocycles. The highest BCUT2D eigenvalue weighted by atomic mass is 32.2. The molecule has 1 aromatic rings. The second-order valence-corrected chi connectivity index (χ2v) is 5.00. The van der Waals surface area contributed by atoms with Crippen LogP contribution in [0.5, 0.6) is 0 Å². The number of alkyl halides is 3. The molecule has 0 aliphatic carbocycles. The maximum absolute atomic E-state index is 12.5. The van der Waals surface area contributed by atoms with Crippen LogP contribution >= 0.6 is 11.8 Å². The quantitative estimate of drug-likeness (QED) is 0.791. The Balaban J connectivity index is 3.15. The molecule has 0 unspecified atom stereocenters. The summed E-state index contributed by atoms with van der Waals surface area (Å²) in [6.07, 6.45) is -3.16. The van der Waals surface area contributed by atoms with E-state index >= 15 is 0 Å². The van der Waals surface area contributed by atoms with Crippen molar-refractivity contribution in [2.24, 2.45) is 0 Å². The smallest absolute Gasteiger partial charge is 0.294 e. The first-order valence-corrected chi connectivity index (χ1v) is 6.10. The van der Waals surface area contributed by atoms with E-state index in [1.807, 2.05) is 0 Å². The van der Waals surface area contributed by atoms with Crippen molar-refractivity contribution in [3.63, 3.8) is 0 Å². The van der Waals surface area contributed by atoms with Gasteiger partial charge in [-0.1, -0.05) is 12.1 Å². The van der Waals surface area contributed by atoms with E-state index in [0.717, 1.165) is 12.1 Å². The lowest BCUT2D eigenvalue weighted by atomic mass is 10.1. The number of carbonyl (C=O) groups is 2. The average Bonchev–Trinajstić information content (AvgIpc) is 2.26. The number of allylic oxidation sites excluding steroid dienone is 1. The van der Waals surface area contributed by atoms with Crippen LogP contribution in [0.25, 0.3) is 6.08 Å². The lowest BCUT2D eigenvalue weighted by Crippen LogP contribution is -2.04. The summed E-state index contributed by atoms with van der Waals surface area (Å²) in [5, 5.41) is -0.298. The Bertz CT molecular complexity index is 533. The van der Waals surface area contributed by atoms with Crippen LogP contribution in [0.3, 0.4) is 0 Å². The number of halogens is 3. The number of ketones is 1. The van der Waals surface area contributed by atoms with Gasteiger partial charge in [0, 0.05) is 6.92 Å². The maximum Gasteiger partial charge on any atom is 0.416 e. The van der Waals surface area contributed by atoms with Crippen molar-refractivity contribution in [1.82, 2.24) is 0 Å². The number of Topliss-reactive ketones (excluding diaryl/α,β-unsaturated/α-hetero) is 1. The molecule has 102 valence electrons. The van der Waals surface area contributed by atoms with E-state index in [9.17, 15) is 22.8 Å². The van der Waals surface area contributed by atoms with Gasteiger partial charge in [-0.15, -0.1) is 0 Å². The third-order valence-corrected chi connectivity index (χ3v) is 3.03. The van der Waals surface area contributed by atoms with Crippen LogP contribution in [0.1, 0.15) is 25.0 Å². The van der Waals surface area contributed by atoms with Crippen molar-refractivity contribution in [2.45, 2.75) is 20.0 Å². The zero-order valence-electron chi connectivity index (χ0n) is 10.2. The number of rotatable bonds is 3. The van der Waals surface area contributed by atoms with Crippen molar-refractivity contribution < 1.29 is 22.8 Å². The number of thioether (sulfide) groups is 1. The van der Waals surface area contributed by atoms with Crippen LogP contribution in [0.2, 0.25) is 0 Å². The van der Waals surface area contributed by atoms with Gasteiger partial charge >= 0.3 is 6.18 Å². The van der Waals surface area contributed by atoms with Crippen LogP contribution in [0.15, 0.2) is 29.2 Å². The number of benzene rings is 1. The Labute approximate surface area is 112 Å². The van der Waals surface area contributed by atoms with Crippen molar-refractivity contribution >= 4 is 28.7 Å². The minimum atomic E-state index is -4.44. The number of hydrogen-bond acceptors (Lipinski definition) is 3. The summed E-state index contributed by atoms with van der Waals surface area (Å²) >= 11 is 0.707. The van der Waals surface area contributed by atoms with Crippen molar-refractivity contribution in [2.75, 3.05) is 0 Å². The largest absolute Gasteiger partial charge is 0.416 e. The molecule has 0 N–H and O–H groups in total. The van der Waals surface area contributed by atoms with E-state index in [4.69, 9.17) is 0 Å². The number of carbonyl (C=O) groups excluding carboxylic acids is 2. The summed E-state index contributed by atoms with van der Waals surface area (Å²) in [6.45, 7) is 2.54. The normalized spacial score (nSPS) is 12.4. The second kappa shape index (κ2) is 6.06. The first-order chi connectivity index (χ1) is 8.70. The molecule has 0 saturated heterocycles. The molecule has 6 heteroatoms. The van der Waals surface area contributed by atoms with E-state index in [-0.39, 0.29) is 21.4 Å². The molecule has 19 heavy (non-hydrogen) atoms. The molecule has 1 rings (SSSR count). The molecule has 0 heterocycles. The summed E-state index contributed by atoms with van der Waals surface area (Å²) in [4.78, 5) is 22.4. The molecule has 0 aliphatic rings. The van der Waals surface area contributed by atoms with Gasteiger partial charge in [-0.05, 0) is 42.5 Å². The fraction of sp³-hybridized carbons (Fsp3) is 0.231. The zero-order valence-corrected chi connectivity index (χ0v) is 11.1. The first-order valence-electron chi connectivity index (χ1n) is 5.28. The third-order valence-electron chi connectivity index (χ3n) is 2.11. The molecule has 0 bridgehead atoms. The SMILES string of the molecule is CC(=O)S/C(=C\c1cccc(C(F)(F)F)c1)C(C)=O. The Morgan fingerprint density at radius 1 is 1.21 bits per heavy atom. The predicted octanol–water partition coefficient (Wildman–Crippen LogP) is 3.92. The monoisotopic (exact) mass is 288 g/mol. The van der Waals surface area contributed by atoms with Crippen LogP contribution in [0, 0.1) is 0 Å². The molecule has 0 spiro atoms. The highest BCUT2D eigenvalue weighted by Gasteiger charge is 2.30. The van der Waals surface area contributed by atoms with Crippen molar-refractivity contribution in [3.8, 4) is 0 Å². The van der Waals surface area contributed by atoms with Gasteiger partial charge in [0.2, 0.25) is 0 Å². The Morgan fingerprint density at radius 2 is 1.84 bits per heavy atom. The minimum absolute atomic E-state index is 0.117. The summed E-state index contributed by atoms with van der Waals surface area (Å²) in [5.74, 6) is -0.363. The van der Waals surface area contributed by atoms with Gasteiger partial charge in [0.1, 0.15) is 0 Å². The van der Waals surface area contributed by atoms with E-state index in [1.54, 1.807) is 0 Å². The second-order valence-electron chi connectivity index (χ2n) is 3.78. The summed E-state index contributed by atoms with van der Waals surface area (Å²) in [5.41, 5.74) is -0.564. The van der Waals surface area contributed by atoms with E-state index < -0.39 is 11.7 Å². The van der Waals surface area contributed by atoms with Gasteiger partial charge in [0.15, 0.2) is 10.9 Å². The zero-order chi connectivity index (χ0) is 14.6. The molecule has 0 amide bonds. The van der Waals surface area contributed by atoms with Crippen LogP contribution < -0.4 is 0 Å². The summed E-state index contributed by atoms with van der Waals surface area (Å²) < 4.78 is 37.6. The Morgan fingerprint density at radius 3 is 2.32 bits per heavy atom. The van der Waals surface area contributed by atoms with E-state index in [2.05, 4.69) is 0 Å². The molecule has 0 aliphatic heterocycles. The molecule has 0 saturated carbocycles. The molecule has 2 nitrogen and oxygen atoms in total. The highest BCUT2D eigenvalue weighted by Crippen LogP contribution is 2.30. The topological polar surface area (TPSA) is 34.1 Å². The van der Waals surface area contributed by atoms with Gasteiger partial charge < -0.3 is 0 Å². The van der Waals surface area contributed by atoms with Gasteiger partial charge in [-0.2, -0.15) is 13.2 Å². The predicted molar refractivity (Wildman–Crippen MR) is 68.4 cm³/mol. The standard InChI is InChI=1S/C13H11F3O2S/c1-8(17)12(19-9(2)18)7-10-4-3-5-11(6-10)13(14,15)16/h3-7H,1-2H3/b12-7-. The average molecular weight is 288 g/mol. The molecule has 0 radical (unpaired) electrons.